The van der Waals surface area contributed by atoms with Gasteiger partial charge in [-0.05, 0) is 31.5 Å². The van der Waals surface area contributed by atoms with Crippen LogP contribution in [0.25, 0.3) is 0 Å². The Hall–Kier alpha value is -1.51. The first-order valence-electron chi connectivity index (χ1n) is 6.33. The fourth-order valence-electron chi connectivity index (χ4n) is 1.86. The number of amides is 1. The van der Waals surface area contributed by atoms with Gasteiger partial charge in [0, 0.05) is 25.8 Å². The molecule has 0 saturated carbocycles. The van der Waals surface area contributed by atoms with E-state index in [-0.39, 0.29) is 11.1 Å². The number of likely N-dealkylation sites (N-methyl/N-ethyl adjacent to an activating group) is 1. The van der Waals surface area contributed by atoms with Crippen LogP contribution in [-0.2, 0) is 14.8 Å². The van der Waals surface area contributed by atoms with Crippen LogP contribution in [0.5, 0.6) is 0 Å². The van der Waals surface area contributed by atoms with Crippen molar-refractivity contribution in [2.45, 2.75) is 18.7 Å². The van der Waals surface area contributed by atoms with Crippen molar-refractivity contribution in [3.8, 4) is 0 Å². The fraction of sp³-hybridized carbons (Fsp3) is 0.462. The minimum Gasteiger partial charge on any atom is -0.383 e. The molecule has 6 nitrogen and oxygen atoms in total. The van der Waals surface area contributed by atoms with Crippen LogP contribution in [-0.4, -0.2) is 46.0 Å². The zero-order chi connectivity index (χ0) is 16.2. The van der Waals surface area contributed by atoms with Gasteiger partial charge in [0.2, 0.25) is 10.0 Å². The van der Waals surface area contributed by atoms with Crippen molar-refractivity contribution in [2.75, 3.05) is 26.8 Å². The van der Waals surface area contributed by atoms with E-state index in [1.807, 2.05) is 0 Å². The lowest BCUT2D eigenvalue weighted by Gasteiger charge is -2.21. The van der Waals surface area contributed by atoms with Gasteiger partial charge in [-0.15, -0.1) is 0 Å². The van der Waals surface area contributed by atoms with Crippen LogP contribution < -0.4 is 5.14 Å². The summed E-state index contributed by atoms with van der Waals surface area (Å²) in [4.78, 5) is 13.1. The van der Waals surface area contributed by atoms with Crippen LogP contribution in [0, 0.1) is 12.7 Å². The summed E-state index contributed by atoms with van der Waals surface area (Å²) in [7, 11) is -2.72. The Morgan fingerprint density at radius 3 is 2.52 bits per heavy atom. The van der Waals surface area contributed by atoms with Crippen LogP contribution in [0.1, 0.15) is 22.8 Å². The monoisotopic (exact) mass is 318 g/mol. The van der Waals surface area contributed by atoms with Crippen LogP contribution in [0.15, 0.2) is 17.0 Å². The smallest absolute Gasteiger partial charge is 0.253 e. The second-order valence-electron chi connectivity index (χ2n) is 4.53. The number of ether oxygens (including phenoxy) is 1. The number of sulfonamides is 1. The van der Waals surface area contributed by atoms with Crippen molar-refractivity contribution in [1.29, 1.82) is 0 Å². The standard InChI is InChI=1S/C13H19FN2O4S/c1-4-16(5-6-20-3)13(17)10-7-9(2)12(14)11(8-10)21(15,18)19/h7-8H,4-6H2,1-3H3,(H2,15,18,19). The number of hydrogen-bond acceptors (Lipinski definition) is 4. The third-order valence-electron chi connectivity index (χ3n) is 3.01. The Bertz CT molecular complexity index is 631. The largest absolute Gasteiger partial charge is 0.383 e. The molecule has 0 aliphatic heterocycles. The summed E-state index contributed by atoms with van der Waals surface area (Å²) in [5, 5.41) is 4.97. The summed E-state index contributed by atoms with van der Waals surface area (Å²) in [6.45, 7) is 4.29. The first kappa shape index (κ1) is 17.5. The van der Waals surface area contributed by atoms with E-state index >= 15 is 0 Å². The lowest BCUT2D eigenvalue weighted by atomic mass is 10.1. The van der Waals surface area contributed by atoms with Gasteiger partial charge in [-0.3, -0.25) is 4.79 Å². The molecule has 0 aromatic heterocycles. The molecule has 118 valence electrons. The first-order chi connectivity index (χ1) is 9.72. The highest BCUT2D eigenvalue weighted by atomic mass is 32.2. The normalized spacial score (nSPS) is 11.5. The highest BCUT2D eigenvalue weighted by Crippen LogP contribution is 2.20. The molecule has 0 atom stereocenters. The summed E-state index contributed by atoms with van der Waals surface area (Å²) in [6, 6.07) is 2.28. The lowest BCUT2D eigenvalue weighted by Crippen LogP contribution is -2.34. The second kappa shape index (κ2) is 6.97. The molecule has 1 aromatic rings. The van der Waals surface area contributed by atoms with Crippen LogP contribution in [0.4, 0.5) is 4.39 Å². The van der Waals surface area contributed by atoms with Gasteiger partial charge in [-0.25, -0.2) is 17.9 Å². The number of carbonyl (C=O) groups is 1. The van der Waals surface area contributed by atoms with E-state index in [2.05, 4.69) is 0 Å². The molecule has 0 fully saturated rings. The second-order valence-corrected chi connectivity index (χ2v) is 6.06. The Labute approximate surface area is 123 Å². The molecule has 0 spiro atoms. The zero-order valence-corrected chi connectivity index (χ0v) is 13.0. The van der Waals surface area contributed by atoms with E-state index in [0.717, 1.165) is 6.07 Å². The molecule has 1 rings (SSSR count). The van der Waals surface area contributed by atoms with E-state index < -0.39 is 26.6 Å². The minimum absolute atomic E-state index is 0.0488. The summed E-state index contributed by atoms with van der Waals surface area (Å²) < 4.78 is 41.5. The van der Waals surface area contributed by atoms with E-state index in [1.54, 1.807) is 6.92 Å². The number of primary sulfonamides is 1. The Morgan fingerprint density at radius 2 is 2.05 bits per heavy atom. The number of methoxy groups -OCH3 is 1. The van der Waals surface area contributed by atoms with Crippen molar-refractivity contribution in [3.05, 3.63) is 29.1 Å². The van der Waals surface area contributed by atoms with Gasteiger partial charge in [0.1, 0.15) is 10.7 Å². The number of rotatable bonds is 6. The summed E-state index contributed by atoms with van der Waals surface area (Å²) >= 11 is 0. The molecule has 0 bridgehead atoms. The first-order valence-corrected chi connectivity index (χ1v) is 7.88. The van der Waals surface area contributed by atoms with Crippen LogP contribution in [0.2, 0.25) is 0 Å². The fourth-order valence-corrected chi connectivity index (χ4v) is 2.56. The average molecular weight is 318 g/mol. The highest BCUT2D eigenvalue weighted by Gasteiger charge is 2.22. The predicted octanol–water partition coefficient (Wildman–Crippen LogP) is 0.890. The maximum Gasteiger partial charge on any atom is 0.253 e. The van der Waals surface area contributed by atoms with Gasteiger partial charge in [0.25, 0.3) is 5.91 Å². The molecule has 1 amide bonds. The molecular weight excluding hydrogens is 299 g/mol. The third-order valence-corrected chi connectivity index (χ3v) is 3.92. The molecule has 0 aliphatic rings. The van der Waals surface area contributed by atoms with E-state index in [0.29, 0.717) is 19.7 Å². The Kier molecular flexibility index (Phi) is 5.82. The zero-order valence-electron chi connectivity index (χ0n) is 12.2. The predicted molar refractivity (Wildman–Crippen MR) is 76.0 cm³/mol. The molecule has 0 aliphatic carbocycles. The number of hydrogen-bond donors (Lipinski definition) is 1. The van der Waals surface area contributed by atoms with Crippen molar-refractivity contribution in [2.24, 2.45) is 5.14 Å². The van der Waals surface area contributed by atoms with Crippen LogP contribution in [0.3, 0.4) is 0 Å². The number of nitrogens with two attached hydrogens (primary N) is 1. The van der Waals surface area contributed by atoms with Gasteiger partial charge < -0.3 is 9.64 Å². The van der Waals surface area contributed by atoms with Crippen molar-refractivity contribution in [3.63, 3.8) is 0 Å². The number of aryl methyl sites for hydroxylation is 1. The van der Waals surface area contributed by atoms with Crippen LogP contribution >= 0.6 is 0 Å². The highest BCUT2D eigenvalue weighted by molar-refractivity contribution is 7.89. The lowest BCUT2D eigenvalue weighted by molar-refractivity contribution is 0.0706. The van der Waals surface area contributed by atoms with Gasteiger partial charge in [-0.1, -0.05) is 0 Å². The van der Waals surface area contributed by atoms with Gasteiger partial charge >= 0.3 is 0 Å². The number of halogens is 1. The molecule has 21 heavy (non-hydrogen) atoms. The topological polar surface area (TPSA) is 89.7 Å². The molecule has 0 heterocycles. The quantitative estimate of drug-likeness (QED) is 0.843. The molecule has 0 radical (unpaired) electrons. The Morgan fingerprint density at radius 1 is 1.43 bits per heavy atom. The number of benzene rings is 1. The maximum absolute atomic E-state index is 13.8. The molecule has 8 heteroatoms. The molecule has 2 N–H and O–H groups in total. The molecule has 1 aromatic carbocycles. The van der Waals surface area contributed by atoms with E-state index in [9.17, 15) is 17.6 Å². The number of carbonyl (C=O) groups excluding carboxylic acids is 1. The van der Waals surface area contributed by atoms with Crippen molar-refractivity contribution < 1.29 is 22.3 Å². The molecule has 0 saturated heterocycles. The maximum atomic E-state index is 13.8. The third kappa shape index (κ3) is 4.23. The SMILES string of the molecule is CCN(CCOC)C(=O)c1cc(C)c(F)c(S(N)(=O)=O)c1. The number of nitrogens with zero attached hydrogens (tertiary/aromatic N) is 1. The summed E-state index contributed by atoms with van der Waals surface area (Å²) in [5.74, 6) is -1.34. The Balaban J connectivity index is 3.25. The summed E-state index contributed by atoms with van der Waals surface area (Å²) in [6.07, 6.45) is 0. The molecular formula is C13H19FN2O4S. The van der Waals surface area contributed by atoms with Gasteiger partial charge in [0.15, 0.2) is 0 Å². The van der Waals surface area contributed by atoms with E-state index in [4.69, 9.17) is 9.88 Å². The summed E-state index contributed by atoms with van der Waals surface area (Å²) in [5.41, 5.74) is 0.128. The van der Waals surface area contributed by atoms with Crippen molar-refractivity contribution >= 4 is 15.9 Å². The van der Waals surface area contributed by atoms with Gasteiger partial charge in [0.05, 0.1) is 6.61 Å². The average Bonchev–Trinajstić information content (AvgIpc) is 2.40. The van der Waals surface area contributed by atoms with Gasteiger partial charge in [-0.2, -0.15) is 0 Å². The van der Waals surface area contributed by atoms with E-state index in [1.165, 1.54) is 25.0 Å². The minimum atomic E-state index is -4.23. The molecule has 0 unspecified atom stereocenters. The van der Waals surface area contributed by atoms with Crippen molar-refractivity contribution in [1.82, 2.24) is 4.90 Å².